The Hall–Kier alpha value is -1.99. The van der Waals surface area contributed by atoms with E-state index in [1.54, 1.807) is 24.3 Å². The fourth-order valence-electron chi connectivity index (χ4n) is 1.70. The highest BCUT2D eigenvalue weighted by atomic mass is 32.2. The minimum atomic E-state index is -3.23. The summed E-state index contributed by atoms with van der Waals surface area (Å²) in [6, 6.07) is 11.1. The fraction of sp³-hybridized carbons (Fsp3) is 0.0714. The smallest absolute Gasteiger partial charge is 0.337 e. The van der Waals surface area contributed by atoms with Crippen LogP contribution >= 0.6 is 11.8 Å². The monoisotopic (exact) mass is 323 g/mol. The lowest BCUT2D eigenvalue weighted by Gasteiger charge is -2.08. The van der Waals surface area contributed by atoms with Crippen LogP contribution in [0.1, 0.15) is 10.4 Å². The summed E-state index contributed by atoms with van der Waals surface area (Å²) in [4.78, 5) is 12.6. The van der Waals surface area contributed by atoms with Crippen LogP contribution < -0.4 is 5.73 Å². The highest BCUT2D eigenvalue weighted by Gasteiger charge is 2.12. The van der Waals surface area contributed by atoms with E-state index in [1.165, 1.54) is 30.0 Å². The average molecular weight is 323 g/mol. The number of rotatable bonds is 4. The summed E-state index contributed by atoms with van der Waals surface area (Å²) < 4.78 is 22.8. The van der Waals surface area contributed by atoms with Gasteiger partial charge >= 0.3 is 5.97 Å². The van der Waals surface area contributed by atoms with Gasteiger partial charge in [0, 0.05) is 16.0 Å². The van der Waals surface area contributed by atoms with Gasteiger partial charge in [0.25, 0.3) is 0 Å². The Balaban J connectivity index is 2.31. The molecule has 21 heavy (non-hydrogen) atoms. The third-order valence-electron chi connectivity index (χ3n) is 2.78. The van der Waals surface area contributed by atoms with Crippen LogP contribution in [0.4, 0.5) is 5.69 Å². The number of para-hydroxylation sites is 1. The minimum Gasteiger partial charge on any atom is -0.478 e. The first kappa shape index (κ1) is 15.4. The summed E-state index contributed by atoms with van der Waals surface area (Å²) >= 11 is 1.28. The van der Waals surface area contributed by atoms with Gasteiger partial charge in [0.05, 0.1) is 16.1 Å². The number of nitrogen functional groups attached to an aromatic ring is 1. The Morgan fingerprint density at radius 1 is 1.14 bits per heavy atom. The number of carboxylic acid groups (broad SMARTS) is 1. The summed E-state index contributed by atoms with van der Waals surface area (Å²) in [6.07, 6.45) is 1.14. The average Bonchev–Trinajstić information content (AvgIpc) is 2.40. The van der Waals surface area contributed by atoms with E-state index >= 15 is 0 Å². The molecule has 0 heterocycles. The summed E-state index contributed by atoms with van der Waals surface area (Å²) in [6.45, 7) is 0. The van der Waals surface area contributed by atoms with Gasteiger partial charge in [-0.15, -0.1) is 0 Å². The molecule has 0 aliphatic carbocycles. The third-order valence-corrected chi connectivity index (χ3v) is 4.99. The van der Waals surface area contributed by atoms with E-state index in [1.807, 2.05) is 0 Å². The lowest BCUT2D eigenvalue weighted by atomic mass is 10.2. The summed E-state index contributed by atoms with van der Waals surface area (Å²) in [7, 11) is -3.23. The van der Waals surface area contributed by atoms with Gasteiger partial charge in [-0.2, -0.15) is 0 Å². The van der Waals surface area contributed by atoms with Crippen LogP contribution in [-0.2, 0) is 9.84 Å². The van der Waals surface area contributed by atoms with Gasteiger partial charge in [-0.25, -0.2) is 13.2 Å². The fourth-order valence-corrected chi connectivity index (χ4v) is 3.22. The van der Waals surface area contributed by atoms with Crippen LogP contribution in [0.2, 0.25) is 0 Å². The molecular weight excluding hydrogens is 310 g/mol. The first-order valence-electron chi connectivity index (χ1n) is 5.89. The van der Waals surface area contributed by atoms with Crippen LogP contribution in [0, 0.1) is 0 Å². The Kier molecular flexibility index (Phi) is 4.24. The number of carboxylic acids is 1. The van der Waals surface area contributed by atoms with Gasteiger partial charge in [0.1, 0.15) is 0 Å². The standard InChI is InChI=1S/C14H13NO4S2/c1-21(18,19)10-7-5-9(6-8-10)20-12-4-2-3-11(13(12)15)14(16)17/h2-8H,15H2,1H3,(H,16,17). The third kappa shape index (κ3) is 3.56. The first-order chi connectivity index (χ1) is 9.79. The highest BCUT2D eigenvalue weighted by molar-refractivity contribution is 7.99. The molecule has 2 aromatic carbocycles. The number of nitrogens with two attached hydrogens (primary N) is 1. The normalized spacial score (nSPS) is 11.3. The number of anilines is 1. The molecule has 110 valence electrons. The van der Waals surface area contributed by atoms with Crippen molar-refractivity contribution in [3.8, 4) is 0 Å². The zero-order valence-corrected chi connectivity index (χ0v) is 12.7. The van der Waals surface area contributed by atoms with Crippen LogP contribution in [0.25, 0.3) is 0 Å². The van der Waals surface area contributed by atoms with Crippen LogP contribution in [0.15, 0.2) is 57.2 Å². The maximum Gasteiger partial charge on any atom is 0.337 e. The molecule has 3 N–H and O–H groups in total. The molecule has 0 saturated carbocycles. The van der Waals surface area contributed by atoms with Gasteiger partial charge < -0.3 is 10.8 Å². The van der Waals surface area contributed by atoms with Gasteiger partial charge in [-0.05, 0) is 36.4 Å². The summed E-state index contributed by atoms with van der Waals surface area (Å²) in [5, 5.41) is 9.03. The second kappa shape index (κ2) is 5.79. The maximum absolute atomic E-state index is 11.4. The molecule has 0 spiro atoms. The zero-order valence-electron chi connectivity index (χ0n) is 11.1. The van der Waals surface area contributed by atoms with Crippen LogP contribution in [0.5, 0.6) is 0 Å². The van der Waals surface area contributed by atoms with E-state index in [9.17, 15) is 13.2 Å². The molecule has 5 nitrogen and oxygen atoms in total. The predicted molar refractivity (Wildman–Crippen MR) is 81.5 cm³/mol. The molecule has 0 aliphatic rings. The number of aromatic carboxylic acids is 1. The molecule has 2 rings (SSSR count). The quantitative estimate of drug-likeness (QED) is 0.839. The van der Waals surface area contributed by atoms with Crippen molar-refractivity contribution in [2.24, 2.45) is 0 Å². The van der Waals surface area contributed by atoms with Crippen molar-refractivity contribution in [2.45, 2.75) is 14.7 Å². The Morgan fingerprint density at radius 3 is 2.29 bits per heavy atom. The Bertz CT molecular complexity index is 783. The van der Waals surface area contributed by atoms with Crippen molar-refractivity contribution in [2.75, 3.05) is 12.0 Å². The largest absolute Gasteiger partial charge is 0.478 e. The number of hydrogen-bond acceptors (Lipinski definition) is 5. The molecule has 0 fully saturated rings. The van der Waals surface area contributed by atoms with Crippen molar-refractivity contribution in [3.05, 3.63) is 48.0 Å². The van der Waals surface area contributed by atoms with Crippen molar-refractivity contribution in [3.63, 3.8) is 0 Å². The van der Waals surface area contributed by atoms with E-state index < -0.39 is 15.8 Å². The van der Waals surface area contributed by atoms with Gasteiger partial charge in [-0.1, -0.05) is 17.8 Å². The molecule has 0 aliphatic heterocycles. The molecule has 0 atom stereocenters. The van der Waals surface area contributed by atoms with Crippen molar-refractivity contribution in [1.29, 1.82) is 0 Å². The zero-order chi connectivity index (χ0) is 15.6. The van der Waals surface area contributed by atoms with Crippen molar-refractivity contribution >= 4 is 33.3 Å². The molecular formula is C14H13NO4S2. The molecule has 0 amide bonds. The minimum absolute atomic E-state index is 0.0488. The topological polar surface area (TPSA) is 97.5 Å². The second-order valence-electron chi connectivity index (χ2n) is 4.37. The van der Waals surface area contributed by atoms with E-state index in [0.29, 0.717) is 4.90 Å². The SMILES string of the molecule is CS(=O)(=O)c1ccc(Sc2cccc(C(=O)O)c2N)cc1. The van der Waals surface area contributed by atoms with Crippen LogP contribution in [-0.4, -0.2) is 25.7 Å². The highest BCUT2D eigenvalue weighted by Crippen LogP contribution is 2.34. The molecule has 0 radical (unpaired) electrons. The van der Waals surface area contributed by atoms with Gasteiger partial charge in [0.2, 0.25) is 0 Å². The molecule has 7 heteroatoms. The van der Waals surface area contributed by atoms with Crippen molar-refractivity contribution < 1.29 is 18.3 Å². The van der Waals surface area contributed by atoms with Gasteiger partial charge in [0.15, 0.2) is 9.84 Å². The number of benzene rings is 2. The van der Waals surface area contributed by atoms with E-state index in [-0.39, 0.29) is 16.1 Å². The maximum atomic E-state index is 11.4. The van der Waals surface area contributed by atoms with Crippen molar-refractivity contribution in [1.82, 2.24) is 0 Å². The molecule has 0 saturated heterocycles. The summed E-state index contributed by atoms with van der Waals surface area (Å²) in [5.41, 5.74) is 6.08. The Labute approximate surface area is 126 Å². The Morgan fingerprint density at radius 2 is 1.76 bits per heavy atom. The number of sulfone groups is 1. The molecule has 0 bridgehead atoms. The van der Waals surface area contributed by atoms with E-state index in [2.05, 4.69) is 0 Å². The molecule has 0 unspecified atom stereocenters. The first-order valence-corrected chi connectivity index (χ1v) is 8.59. The summed E-state index contributed by atoms with van der Waals surface area (Å²) in [5.74, 6) is -1.08. The molecule has 2 aromatic rings. The van der Waals surface area contributed by atoms with Crippen LogP contribution in [0.3, 0.4) is 0 Å². The van der Waals surface area contributed by atoms with E-state index in [0.717, 1.165) is 11.2 Å². The second-order valence-corrected chi connectivity index (χ2v) is 7.50. The molecule has 0 aromatic heterocycles. The number of hydrogen-bond donors (Lipinski definition) is 2. The van der Waals surface area contributed by atoms with E-state index in [4.69, 9.17) is 10.8 Å². The van der Waals surface area contributed by atoms with Gasteiger partial charge in [-0.3, -0.25) is 0 Å². The predicted octanol–water partition coefficient (Wildman–Crippen LogP) is 2.52. The lowest BCUT2D eigenvalue weighted by Crippen LogP contribution is -2.03. The lowest BCUT2D eigenvalue weighted by molar-refractivity contribution is 0.0698. The number of carbonyl (C=O) groups is 1.